The first kappa shape index (κ1) is 14.9. The van der Waals surface area contributed by atoms with E-state index in [1.54, 1.807) is 0 Å². The van der Waals surface area contributed by atoms with Gasteiger partial charge in [0.05, 0.1) is 11.1 Å². The average molecular weight is 403 g/mol. The van der Waals surface area contributed by atoms with Crippen LogP contribution in [0.25, 0.3) is 0 Å². The van der Waals surface area contributed by atoms with Crippen molar-refractivity contribution in [2.24, 2.45) is 11.8 Å². The van der Waals surface area contributed by atoms with Gasteiger partial charge in [0, 0.05) is 22.6 Å². The normalized spacial score (nSPS) is 28.1. The van der Waals surface area contributed by atoms with E-state index in [-0.39, 0.29) is 0 Å². The molecule has 3 atom stereocenters. The number of nitrogens with one attached hydrogen (secondary N) is 1. The second-order valence-electron chi connectivity index (χ2n) is 5.97. The van der Waals surface area contributed by atoms with Crippen LogP contribution >= 0.6 is 31.9 Å². The Morgan fingerprint density at radius 1 is 1.25 bits per heavy atom. The molecular weight excluding hydrogens is 382 g/mol. The highest BCUT2D eigenvalue weighted by Gasteiger charge is 2.39. The van der Waals surface area contributed by atoms with Gasteiger partial charge in [0.25, 0.3) is 0 Å². The van der Waals surface area contributed by atoms with Crippen molar-refractivity contribution in [3.05, 3.63) is 26.6 Å². The van der Waals surface area contributed by atoms with Gasteiger partial charge in [0.15, 0.2) is 0 Å². The molecule has 1 aromatic rings. The number of rotatable bonds is 5. The number of hydrogen-bond acceptors (Lipinski definition) is 2. The Hall–Kier alpha value is -0.0600. The predicted molar refractivity (Wildman–Crippen MR) is 89.1 cm³/mol. The van der Waals surface area contributed by atoms with E-state index in [4.69, 9.17) is 4.74 Å². The number of fused-ring (bicyclic) bond motifs is 2. The topological polar surface area (TPSA) is 21.3 Å². The molecule has 20 heavy (non-hydrogen) atoms. The number of benzene rings is 1. The summed E-state index contributed by atoms with van der Waals surface area (Å²) in [5, 5.41) is 3.76. The molecule has 0 spiro atoms. The zero-order chi connectivity index (χ0) is 14.1. The molecule has 0 aliphatic heterocycles. The predicted octanol–water partition coefficient (Wildman–Crippen LogP) is 4.89. The second kappa shape index (κ2) is 6.37. The maximum absolute atomic E-state index is 5.79. The fourth-order valence-corrected chi connectivity index (χ4v) is 5.21. The molecule has 1 N–H and O–H groups in total. The Bertz CT molecular complexity index is 492. The van der Waals surface area contributed by atoms with Gasteiger partial charge in [0.1, 0.15) is 5.75 Å². The van der Waals surface area contributed by atoms with Gasteiger partial charge in [-0.3, -0.25) is 0 Å². The van der Waals surface area contributed by atoms with Gasteiger partial charge in [-0.2, -0.15) is 0 Å². The lowest BCUT2D eigenvalue weighted by molar-refractivity contribution is 0.324. The first-order chi connectivity index (χ1) is 9.67. The van der Waals surface area contributed by atoms with E-state index >= 15 is 0 Å². The van der Waals surface area contributed by atoms with Gasteiger partial charge in [-0.15, -0.1) is 0 Å². The maximum Gasteiger partial charge on any atom is 0.138 e. The molecule has 4 heteroatoms. The van der Waals surface area contributed by atoms with Gasteiger partial charge < -0.3 is 10.1 Å². The number of hydrogen-bond donors (Lipinski definition) is 1. The molecule has 1 aromatic carbocycles. The number of halogens is 2. The van der Waals surface area contributed by atoms with Crippen LogP contribution in [0.1, 0.15) is 38.2 Å². The summed E-state index contributed by atoms with van der Waals surface area (Å²) in [6.07, 6.45) is 5.68. The molecule has 110 valence electrons. The molecule has 0 amide bonds. The van der Waals surface area contributed by atoms with Crippen LogP contribution in [0.4, 0.5) is 0 Å². The lowest BCUT2D eigenvalue weighted by Gasteiger charge is -2.24. The molecule has 2 nitrogen and oxygen atoms in total. The van der Waals surface area contributed by atoms with E-state index in [0.717, 1.165) is 33.1 Å². The van der Waals surface area contributed by atoms with Crippen LogP contribution in [-0.4, -0.2) is 12.6 Å². The lowest BCUT2D eigenvalue weighted by Crippen LogP contribution is -2.33. The van der Waals surface area contributed by atoms with Crippen molar-refractivity contribution in [2.45, 2.75) is 45.2 Å². The Kier molecular flexibility index (Phi) is 4.73. The van der Waals surface area contributed by atoms with E-state index in [0.29, 0.717) is 12.6 Å². The molecule has 2 bridgehead atoms. The van der Waals surface area contributed by atoms with Crippen molar-refractivity contribution in [1.82, 2.24) is 5.32 Å². The molecular formula is C16H21Br2NO. The first-order valence-corrected chi connectivity index (χ1v) is 9.10. The fraction of sp³-hybridized carbons (Fsp3) is 0.625. The highest BCUT2D eigenvalue weighted by atomic mass is 79.9. The van der Waals surface area contributed by atoms with E-state index in [9.17, 15) is 0 Å². The van der Waals surface area contributed by atoms with E-state index in [2.05, 4.69) is 43.2 Å². The minimum Gasteiger partial charge on any atom is -0.492 e. The largest absolute Gasteiger partial charge is 0.492 e. The Morgan fingerprint density at radius 3 is 2.75 bits per heavy atom. The van der Waals surface area contributed by atoms with Crippen molar-refractivity contribution in [3.63, 3.8) is 0 Å². The van der Waals surface area contributed by atoms with E-state index in [1.807, 2.05) is 13.0 Å². The van der Waals surface area contributed by atoms with Gasteiger partial charge >= 0.3 is 0 Å². The smallest absolute Gasteiger partial charge is 0.138 e. The zero-order valence-electron chi connectivity index (χ0n) is 11.8. The molecule has 0 heterocycles. The van der Waals surface area contributed by atoms with Crippen molar-refractivity contribution in [2.75, 3.05) is 6.61 Å². The molecule has 2 saturated carbocycles. The summed E-state index contributed by atoms with van der Waals surface area (Å²) < 4.78 is 7.91. The van der Waals surface area contributed by atoms with Crippen LogP contribution in [0, 0.1) is 11.8 Å². The van der Waals surface area contributed by atoms with Gasteiger partial charge in [-0.1, -0.05) is 22.4 Å². The fourth-order valence-electron chi connectivity index (χ4n) is 3.79. The Labute approximate surface area is 137 Å². The summed E-state index contributed by atoms with van der Waals surface area (Å²) >= 11 is 7.17. The standard InChI is InChI=1S/C16H21Br2NO/c1-2-20-16-12(7-13(17)8-14(16)18)9-19-15-6-10-3-4-11(15)5-10/h7-8,10-11,15,19H,2-6,9H2,1H3. The molecule has 2 aliphatic rings. The monoisotopic (exact) mass is 401 g/mol. The van der Waals surface area contributed by atoms with Crippen LogP contribution in [-0.2, 0) is 6.54 Å². The molecule has 3 unspecified atom stereocenters. The molecule has 2 fully saturated rings. The van der Waals surface area contributed by atoms with Crippen molar-refractivity contribution in [3.8, 4) is 5.75 Å². The average Bonchev–Trinajstić information content (AvgIpc) is 3.02. The summed E-state index contributed by atoms with van der Waals surface area (Å²) in [5.74, 6) is 2.87. The van der Waals surface area contributed by atoms with Crippen LogP contribution in [0.5, 0.6) is 5.75 Å². The van der Waals surface area contributed by atoms with Crippen molar-refractivity contribution < 1.29 is 4.74 Å². The number of ether oxygens (including phenoxy) is 1. The SMILES string of the molecule is CCOc1c(Br)cc(Br)cc1CNC1CC2CCC1C2. The van der Waals surface area contributed by atoms with Crippen molar-refractivity contribution >= 4 is 31.9 Å². The summed E-state index contributed by atoms with van der Waals surface area (Å²) in [4.78, 5) is 0. The summed E-state index contributed by atoms with van der Waals surface area (Å²) in [5.41, 5.74) is 1.23. The third-order valence-corrected chi connectivity index (χ3v) is 5.71. The third-order valence-electron chi connectivity index (χ3n) is 4.67. The highest BCUT2D eigenvalue weighted by Crippen LogP contribution is 2.44. The Morgan fingerprint density at radius 2 is 2.10 bits per heavy atom. The second-order valence-corrected chi connectivity index (χ2v) is 7.74. The van der Waals surface area contributed by atoms with Crippen molar-refractivity contribution in [1.29, 1.82) is 0 Å². The van der Waals surface area contributed by atoms with E-state index in [1.165, 1.54) is 31.2 Å². The van der Waals surface area contributed by atoms with Crippen LogP contribution in [0.3, 0.4) is 0 Å². The molecule has 0 radical (unpaired) electrons. The highest BCUT2D eigenvalue weighted by molar-refractivity contribution is 9.11. The Balaban J connectivity index is 1.70. The van der Waals surface area contributed by atoms with E-state index < -0.39 is 0 Å². The first-order valence-electron chi connectivity index (χ1n) is 7.51. The minimum atomic E-state index is 0.696. The molecule has 0 aromatic heterocycles. The van der Waals surface area contributed by atoms with Crippen LogP contribution in [0.15, 0.2) is 21.1 Å². The summed E-state index contributed by atoms with van der Waals surface area (Å²) in [6, 6.07) is 4.92. The summed E-state index contributed by atoms with van der Waals surface area (Å²) in [7, 11) is 0. The minimum absolute atomic E-state index is 0.696. The van der Waals surface area contributed by atoms with Gasteiger partial charge in [-0.05, 0) is 66.1 Å². The zero-order valence-corrected chi connectivity index (χ0v) is 15.0. The lowest BCUT2D eigenvalue weighted by atomic mass is 9.95. The van der Waals surface area contributed by atoms with Crippen LogP contribution in [0.2, 0.25) is 0 Å². The third kappa shape index (κ3) is 3.07. The molecule has 0 saturated heterocycles. The summed E-state index contributed by atoms with van der Waals surface area (Å²) in [6.45, 7) is 3.62. The maximum atomic E-state index is 5.79. The quantitative estimate of drug-likeness (QED) is 0.756. The van der Waals surface area contributed by atoms with Crippen LogP contribution < -0.4 is 10.1 Å². The van der Waals surface area contributed by atoms with Gasteiger partial charge in [-0.25, -0.2) is 0 Å². The van der Waals surface area contributed by atoms with Gasteiger partial charge in [0.2, 0.25) is 0 Å². The molecule has 2 aliphatic carbocycles. The molecule has 3 rings (SSSR count).